The van der Waals surface area contributed by atoms with Gasteiger partial charge in [0, 0.05) is 20.8 Å². The average Bonchev–Trinajstić information content (AvgIpc) is 2.81. The molecule has 96 valence electrons. The van der Waals surface area contributed by atoms with Gasteiger partial charge in [-0.3, -0.25) is 0 Å². The molecule has 0 saturated heterocycles. The van der Waals surface area contributed by atoms with Gasteiger partial charge < -0.3 is 4.57 Å². The maximum atomic E-state index is 2.37. The van der Waals surface area contributed by atoms with E-state index in [1.807, 2.05) is 0 Å². The van der Waals surface area contributed by atoms with Crippen LogP contribution in [0.4, 0.5) is 0 Å². The summed E-state index contributed by atoms with van der Waals surface area (Å²) >= 11 is 2.37. The van der Waals surface area contributed by atoms with Crippen LogP contribution >= 0.6 is 22.6 Å². The van der Waals surface area contributed by atoms with Crippen molar-refractivity contribution in [2.45, 2.75) is 19.8 Å². The van der Waals surface area contributed by atoms with Crippen molar-refractivity contribution < 1.29 is 0 Å². The van der Waals surface area contributed by atoms with Gasteiger partial charge in [-0.05, 0) is 64.4 Å². The van der Waals surface area contributed by atoms with Gasteiger partial charge >= 0.3 is 0 Å². The van der Waals surface area contributed by atoms with Crippen LogP contribution in [0.15, 0.2) is 54.7 Å². The number of aromatic nitrogens is 1. The minimum atomic E-state index is 0.557. The Morgan fingerprint density at radius 2 is 1.84 bits per heavy atom. The molecule has 0 aliphatic carbocycles. The summed E-state index contributed by atoms with van der Waals surface area (Å²) in [4.78, 5) is 0. The average molecular weight is 361 g/mol. The molecule has 0 unspecified atom stereocenters. The zero-order valence-corrected chi connectivity index (χ0v) is 13.3. The zero-order chi connectivity index (χ0) is 13.4. The second-order valence-electron chi connectivity index (χ2n) is 5.14. The van der Waals surface area contributed by atoms with E-state index < -0.39 is 0 Å². The lowest BCUT2D eigenvalue weighted by atomic mass is 10.0. The van der Waals surface area contributed by atoms with Crippen LogP contribution in [-0.4, -0.2) is 4.57 Å². The Morgan fingerprint density at radius 3 is 2.63 bits per heavy atom. The number of fused-ring (bicyclic) bond motifs is 1. The van der Waals surface area contributed by atoms with Gasteiger partial charge in [-0.15, -0.1) is 0 Å². The van der Waals surface area contributed by atoms with E-state index in [1.165, 1.54) is 25.7 Å². The molecule has 1 aromatic heterocycles. The van der Waals surface area contributed by atoms with E-state index in [-0.39, 0.29) is 0 Å². The van der Waals surface area contributed by atoms with Gasteiger partial charge in [0.2, 0.25) is 0 Å². The largest absolute Gasteiger partial charge is 0.317 e. The Hall–Kier alpha value is -1.29. The smallest absolute Gasteiger partial charge is 0.0538 e. The first-order valence-corrected chi connectivity index (χ1v) is 7.60. The molecule has 0 bridgehead atoms. The number of nitrogens with zero attached hydrogens (tertiary/aromatic N) is 1. The van der Waals surface area contributed by atoms with E-state index in [0.29, 0.717) is 5.92 Å². The number of hydrogen-bond acceptors (Lipinski definition) is 0. The van der Waals surface area contributed by atoms with Crippen molar-refractivity contribution in [2.75, 3.05) is 0 Å². The van der Waals surface area contributed by atoms with Gasteiger partial charge in [-0.1, -0.05) is 32.0 Å². The van der Waals surface area contributed by atoms with Gasteiger partial charge in [0.1, 0.15) is 0 Å². The molecule has 0 N–H and O–H groups in total. The van der Waals surface area contributed by atoms with Crippen molar-refractivity contribution in [3.05, 3.63) is 63.9 Å². The highest BCUT2D eigenvalue weighted by Gasteiger charge is 2.05. The van der Waals surface area contributed by atoms with E-state index >= 15 is 0 Å². The molecular formula is C17H16IN. The van der Waals surface area contributed by atoms with Gasteiger partial charge in [-0.25, -0.2) is 0 Å². The van der Waals surface area contributed by atoms with Crippen molar-refractivity contribution in [1.29, 1.82) is 0 Å². The van der Waals surface area contributed by atoms with E-state index in [4.69, 9.17) is 0 Å². The second-order valence-corrected chi connectivity index (χ2v) is 6.38. The third kappa shape index (κ3) is 2.41. The Bertz CT molecular complexity index is 725. The standard InChI is InChI=1S/C17H16IN/c1-12(2)14-4-3-5-16(10-14)19-9-8-13-6-7-15(18)11-17(13)19/h3-12H,1-2H3. The van der Waals surface area contributed by atoms with Crippen LogP contribution in [0.5, 0.6) is 0 Å². The van der Waals surface area contributed by atoms with Gasteiger partial charge in [0.25, 0.3) is 0 Å². The van der Waals surface area contributed by atoms with Crippen molar-refractivity contribution >= 4 is 33.5 Å². The van der Waals surface area contributed by atoms with E-state index in [9.17, 15) is 0 Å². The van der Waals surface area contributed by atoms with Crippen LogP contribution in [-0.2, 0) is 0 Å². The van der Waals surface area contributed by atoms with Crippen LogP contribution in [0.25, 0.3) is 16.6 Å². The molecule has 19 heavy (non-hydrogen) atoms. The highest BCUT2D eigenvalue weighted by Crippen LogP contribution is 2.24. The molecule has 0 fully saturated rings. The van der Waals surface area contributed by atoms with Crippen LogP contribution < -0.4 is 0 Å². The fourth-order valence-electron chi connectivity index (χ4n) is 2.36. The van der Waals surface area contributed by atoms with Crippen LogP contribution in [0.2, 0.25) is 0 Å². The Morgan fingerprint density at radius 1 is 1.00 bits per heavy atom. The third-order valence-corrected chi connectivity index (χ3v) is 4.14. The van der Waals surface area contributed by atoms with E-state index in [0.717, 1.165) is 0 Å². The number of benzene rings is 2. The molecule has 0 amide bonds. The molecule has 1 heterocycles. The monoisotopic (exact) mass is 361 g/mol. The Kier molecular flexibility index (Phi) is 3.35. The van der Waals surface area contributed by atoms with Crippen molar-refractivity contribution in [2.24, 2.45) is 0 Å². The van der Waals surface area contributed by atoms with Gasteiger partial charge in [0.05, 0.1) is 5.52 Å². The summed E-state index contributed by atoms with van der Waals surface area (Å²) < 4.78 is 3.54. The van der Waals surface area contributed by atoms with Crippen molar-refractivity contribution in [1.82, 2.24) is 4.57 Å². The number of halogens is 1. The lowest BCUT2D eigenvalue weighted by molar-refractivity contribution is 0.864. The van der Waals surface area contributed by atoms with Gasteiger partial charge in [-0.2, -0.15) is 0 Å². The summed E-state index contributed by atoms with van der Waals surface area (Å²) in [6.45, 7) is 4.46. The summed E-state index contributed by atoms with van der Waals surface area (Å²) in [5.41, 5.74) is 3.89. The normalized spacial score (nSPS) is 11.4. The zero-order valence-electron chi connectivity index (χ0n) is 11.1. The van der Waals surface area contributed by atoms with E-state index in [1.54, 1.807) is 0 Å². The highest BCUT2D eigenvalue weighted by molar-refractivity contribution is 14.1. The molecule has 0 spiro atoms. The summed E-state index contributed by atoms with van der Waals surface area (Å²) in [5.74, 6) is 0.557. The molecular weight excluding hydrogens is 345 g/mol. The fourth-order valence-corrected chi connectivity index (χ4v) is 2.84. The van der Waals surface area contributed by atoms with E-state index in [2.05, 4.69) is 95.7 Å². The SMILES string of the molecule is CC(C)c1cccc(-n2ccc3ccc(I)cc32)c1. The molecule has 3 rings (SSSR count). The third-order valence-electron chi connectivity index (χ3n) is 3.47. The minimum absolute atomic E-state index is 0.557. The van der Waals surface area contributed by atoms with Gasteiger partial charge in [0.15, 0.2) is 0 Å². The fraction of sp³-hybridized carbons (Fsp3) is 0.176. The maximum absolute atomic E-state index is 2.37. The molecule has 1 nitrogen and oxygen atoms in total. The van der Waals surface area contributed by atoms with Crippen LogP contribution in [0.1, 0.15) is 25.3 Å². The number of hydrogen-bond donors (Lipinski definition) is 0. The minimum Gasteiger partial charge on any atom is -0.317 e. The first-order valence-electron chi connectivity index (χ1n) is 6.52. The molecule has 0 aliphatic heterocycles. The summed E-state index contributed by atoms with van der Waals surface area (Å²) in [6.07, 6.45) is 2.15. The highest BCUT2D eigenvalue weighted by atomic mass is 127. The first kappa shape index (κ1) is 12.7. The van der Waals surface area contributed by atoms with Crippen molar-refractivity contribution in [3.63, 3.8) is 0 Å². The van der Waals surface area contributed by atoms with Crippen LogP contribution in [0.3, 0.4) is 0 Å². The molecule has 0 saturated carbocycles. The first-order chi connectivity index (χ1) is 9.15. The Balaban J connectivity index is 2.18. The molecule has 0 radical (unpaired) electrons. The Labute approximate surface area is 127 Å². The summed E-state index contributed by atoms with van der Waals surface area (Å²) in [5, 5.41) is 1.29. The topological polar surface area (TPSA) is 4.93 Å². The molecule has 0 atom stereocenters. The predicted molar refractivity (Wildman–Crippen MR) is 90.1 cm³/mol. The quantitative estimate of drug-likeness (QED) is 0.542. The molecule has 2 heteroatoms. The van der Waals surface area contributed by atoms with Crippen LogP contribution in [0, 0.1) is 3.57 Å². The molecule has 2 aromatic carbocycles. The predicted octanol–water partition coefficient (Wildman–Crippen LogP) is 5.36. The van der Waals surface area contributed by atoms with Crippen molar-refractivity contribution in [3.8, 4) is 5.69 Å². The maximum Gasteiger partial charge on any atom is 0.0538 e. The molecule has 3 aromatic rings. The lowest BCUT2D eigenvalue weighted by Crippen LogP contribution is -1.95. The summed E-state index contributed by atoms with van der Waals surface area (Å²) in [6, 6.07) is 17.5. The second kappa shape index (κ2) is 5.00. The summed E-state index contributed by atoms with van der Waals surface area (Å²) in [7, 11) is 0. The number of rotatable bonds is 2. The lowest BCUT2D eigenvalue weighted by Gasteiger charge is -2.10. The molecule has 0 aliphatic rings.